The van der Waals surface area contributed by atoms with Gasteiger partial charge in [-0.3, -0.25) is 10.1 Å². The first-order valence-electron chi connectivity index (χ1n) is 7.04. The number of methoxy groups -OCH3 is 1. The van der Waals surface area contributed by atoms with Crippen LogP contribution < -0.4 is 10.1 Å². The molecule has 0 fully saturated rings. The molecule has 8 heteroatoms. The Hall–Kier alpha value is -1.79. The quantitative estimate of drug-likeness (QED) is 0.568. The summed E-state index contributed by atoms with van der Waals surface area (Å²) in [5.41, 5.74) is 1.84. The van der Waals surface area contributed by atoms with Crippen LogP contribution in [0, 0.1) is 0 Å². The van der Waals surface area contributed by atoms with Gasteiger partial charge >= 0.3 is 0 Å². The number of thiazole rings is 1. The van der Waals surface area contributed by atoms with Crippen LogP contribution in [0.2, 0.25) is 15.1 Å². The average Bonchev–Trinajstić information content (AvgIpc) is 3.05. The summed E-state index contributed by atoms with van der Waals surface area (Å²) in [5.74, 6) is 0.0811. The fourth-order valence-electron chi connectivity index (χ4n) is 2.14. The number of hydrogen-bond acceptors (Lipinski definition) is 4. The third-order valence-electron chi connectivity index (χ3n) is 3.35. The molecule has 1 N–H and O–H groups in total. The molecule has 0 aliphatic rings. The van der Waals surface area contributed by atoms with Crippen LogP contribution in [0.25, 0.3) is 11.3 Å². The standard InChI is InChI=1S/C17H11Cl3N2O2S/c1-24-15-5-3-10(18)7-11(15)16(23)22-17-21-14(8-25-17)9-2-4-12(19)13(20)6-9/h2-8H,1H3,(H,21,22,23). The Kier molecular flexibility index (Phi) is 5.49. The largest absolute Gasteiger partial charge is 0.496 e. The van der Waals surface area contributed by atoms with Crippen LogP contribution in [0.4, 0.5) is 5.13 Å². The van der Waals surface area contributed by atoms with E-state index in [0.29, 0.717) is 37.2 Å². The molecule has 1 heterocycles. The highest BCUT2D eigenvalue weighted by atomic mass is 35.5. The molecule has 25 heavy (non-hydrogen) atoms. The molecule has 4 nitrogen and oxygen atoms in total. The van der Waals surface area contributed by atoms with Crippen molar-refractivity contribution in [2.24, 2.45) is 0 Å². The molecule has 128 valence electrons. The molecule has 0 spiro atoms. The lowest BCUT2D eigenvalue weighted by molar-refractivity contribution is 0.102. The Morgan fingerprint density at radius 2 is 1.92 bits per heavy atom. The number of ether oxygens (including phenoxy) is 1. The van der Waals surface area contributed by atoms with Gasteiger partial charge < -0.3 is 4.74 Å². The van der Waals surface area contributed by atoms with Crippen LogP contribution in [0.1, 0.15) is 10.4 Å². The molecule has 0 saturated heterocycles. The molecule has 1 amide bonds. The number of carbonyl (C=O) groups is 1. The van der Waals surface area contributed by atoms with E-state index in [1.165, 1.54) is 18.4 Å². The van der Waals surface area contributed by atoms with Crippen LogP contribution in [0.3, 0.4) is 0 Å². The molecule has 0 atom stereocenters. The number of amides is 1. The molecule has 0 aliphatic carbocycles. The Morgan fingerprint density at radius 3 is 2.64 bits per heavy atom. The van der Waals surface area contributed by atoms with Crippen molar-refractivity contribution in [3.05, 3.63) is 62.4 Å². The molecule has 0 aliphatic heterocycles. The molecule has 0 unspecified atom stereocenters. The second kappa shape index (κ2) is 7.62. The summed E-state index contributed by atoms with van der Waals surface area (Å²) in [6.07, 6.45) is 0. The predicted octanol–water partition coefficient (Wildman–Crippen LogP) is 6.03. The minimum atomic E-state index is -0.352. The number of halogens is 3. The van der Waals surface area contributed by atoms with Gasteiger partial charge in [0, 0.05) is 16.0 Å². The van der Waals surface area contributed by atoms with Crippen molar-refractivity contribution in [1.29, 1.82) is 0 Å². The summed E-state index contributed by atoms with van der Waals surface area (Å²) in [4.78, 5) is 16.9. The summed E-state index contributed by atoms with van der Waals surface area (Å²) >= 11 is 19.2. The predicted molar refractivity (Wildman–Crippen MR) is 104 cm³/mol. The lowest BCUT2D eigenvalue weighted by atomic mass is 10.2. The zero-order valence-corrected chi connectivity index (χ0v) is 15.9. The number of nitrogens with one attached hydrogen (secondary N) is 1. The molecule has 3 rings (SSSR count). The van der Waals surface area contributed by atoms with E-state index in [1.54, 1.807) is 30.3 Å². The average molecular weight is 414 g/mol. The monoisotopic (exact) mass is 412 g/mol. The summed E-state index contributed by atoms with van der Waals surface area (Å²) in [7, 11) is 1.49. The molecule has 0 bridgehead atoms. The minimum absolute atomic E-state index is 0.335. The first-order valence-corrected chi connectivity index (χ1v) is 9.05. The van der Waals surface area contributed by atoms with Crippen LogP contribution in [0.15, 0.2) is 41.8 Å². The Morgan fingerprint density at radius 1 is 1.12 bits per heavy atom. The van der Waals surface area contributed by atoms with Crippen LogP contribution in [0.5, 0.6) is 5.75 Å². The topological polar surface area (TPSA) is 51.2 Å². The van der Waals surface area contributed by atoms with Crippen molar-refractivity contribution in [3.8, 4) is 17.0 Å². The Bertz CT molecular complexity index is 943. The SMILES string of the molecule is COc1ccc(Cl)cc1C(=O)Nc1nc(-c2ccc(Cl)c(Cl)c2)cs1. The van der Waals surface area contributed by atoms with Crippen molar-refractivity contribution in [1.82, 2.24) is 4.98 Å². The van der Waals surface area contributed by atoms with E-state index < -0.39 is 0 Å². The van der Waals surface area contributed by atoms with E-state index in [4.69, 9.17) is 39.5 Å². The van der Waals surface area contributed by atoms with Gasteiger partial charge in [0.05, 0.1) is 28.4 Å². The maximum Gasteiger partial charge on any atom is 0.261 e. The first kappa shape index (κ1) is 18.0. The fraction of sp³-hybridized carbons (Fsp3) is 0.0588. The summed E-state index contributed by atoms with van der Waals surface area (Å²) < 4.78 is 5.19. The molecule has 0 saturated carbocycles. The molecular weight excluding hydrogens is 403 g/mol. The Balaban J connectivity index is 1.83. The lowest BCUT2D eigenvalue weighted by Crippen LogP contribution is -2.13. The number of aromatic nitrogens is 1. The number of nitrogens with zero attached hydrogens (tertiary/aromatic N) is 1. The van der Waals surface area contributed by atoms with E-state index in [0.717, 1.165) is 5.56 Å². The fourth-order valence-corrected chi connectivity index (χ4v) is 3.33. The van der Waals surface area contributed by atoms with Crippen molar-refractivity contribution < 1.29 is 9.53 Å². The minimum Gasteiger partial charge on any atom is -0.496 e. The van der Waals surface area contributed by atoms with E-state index in [9.17, 15) is 4.79 Å². The van der Waals surface area contributed by atoms with Gasteiger partial charge in [-0.15, -0.1) is 11.3 Å². The van der Waals surface area contributed by atoms with Gasteiger partial charge in [-0.2, -0.15) is 0 Å². The number of hydrogen-bond donors (Lipinski definition) is 1. The molecule has 3 aromatic rings. The van der Waals surface area contributed by atoms with E-state index in [2.05, 4.69) is 10.3 Å². The van der Waals surface area contributed by atoms with E-state index in [1.807, 2.05) is 11.4 Å². The normalized spacial score (nSPS) is 10.6. The van der Waals surface area contributed by atoms with Gasteiger partial charge in [0.1, 0.15) is 5.75 Å². The zero-order valence-electron chi connectivity index (χ0n) is 12.8. The maximum atomic E-state index is 12.5. The summed E-state index contributed by atoms with van der Waals surface area (Å²) in [6, 6.07) is 10.1. The van der Waals surface area contributed by atoms with Crippen molar-refractivity contribution in [3.63, 3.8) is 0 Å². The van der Waals surface area contributed by atoms with Gasteiger partial charge in [-0.05, 0) is 30.3 Å². The first-order chi connectivity index (χ1) is 12.0. The highest BCUT2D eigenvalue weighted by molar-refractivity contribution is 7.14. The summed E-state index contributed by atoms with van der Waals surface area (Å²) in [5, 5.41) is 6.39. The number of rotatable bonds is 4. The summed E-state index contributed by atoms with van der Waals surface area (Å²) in [6.45, 7) is 0. The molecule has 0 radical (unpaired) electrons. The third-order valence-corrected chi connectivity index (χ3v) is 5.08. The number of carbonyl (C=O) groups excluding carboxylic acids is 1. The van der Waals surface area contributed by atoms with Gasteiger partial charge in [-0.25, -0.2) is 4.98 Å². The second-order valence-corrected chi connectivity index (χ2v) is 7.07. The van der Waals surface area contributed by atoms with Crippen LogP contribution >= 0.6 is 46.1 Å². The lowest BCUT2D eigenvalue weighted by Gasteiger charge is -2.08. The van der Waals surface area contributed by atoms with E-state index >= 15 is 0 Å². The van der Waals surface area contributed by atoms with Crippen LogP contribution in [-0.4, -0.2) is 18.0 Å². The van der Waals surface area contributed by atoms with Crippen LogP contribution in [-0.2, 0) is 0 Å². The van der Waals surface area contributed by atoms with Crippen molar-refractivity contribution in [2.45, 2.75) is 0 Å². The van der Waals surface area contributed by atoms with Crippen molar-refractivity contribution in [2.75, 3.05) is 12.4 Å². The van der Waals surface area contributed by atoms with Crippen molar-refractivity contribution >= 4 is 57.2 Å². The second-order valence-electron chi connectivity index (χ2n) is 4.97. The third kappa shape index (κ3) is 4.07. The van der Waals surface area contributed by atoms with Gasteiger partial charge in [-0.1, -0.05) is 40.9 Å². The van der Waals surface area contributed by atoms with Gasteiger partial charge in [0.25, 0.3) is 5.91 Å². The highest BCUT2D eigenvalue weighted by Gasteiger charge is 2.15. The van der Waals surface area contributed by atoms with E-state index in [-0.39, 0.29) is 5.91 Å². The molecular formula is C17H11Cl3N2O2S. The zero-order chi connectivity index (χ0) is 18.0. The van der Waals surface area contributed by atoms with Gasteiger partial charge in [0.15, 0.2) is 5.13 Å². The van der Waals surface area contributed by atoms with Gasteiger partial charge in [0.2, 0.25) is 0 Å². The Labute approximate surface area is 163 Å². The molecule has 1 aromatic heterocycles. The molecule has 2 aromatic carbocycles. The smallest absolute Gasteiger partial charge is 0.261 e. The number of benzene rings is 2. The maximum absolute atomic E-state index is 12.5. The highest BCUT2D eigenvalue weighted by Crippen LogP contribution is 2.31. The number of anilines is 1.